The minimum absolute atomic E-state index is 0.952. The molecule has 0 fully saturated rings. The van der Waals surface area contributed by atoms with E-state index in [2.05, 4.69) is 132 Å². The monoisotopic (exact) mass is 473 g/mol. The van der Waals surface area contributed by atoms with Crippen LogP contribution < -0.4 is 4.90 Å². The van der Waals surface area contributed by atoms with E-state index in [1.165, 1.54) is 33.0 Å². The maximum absolute atomic E-state index is 6.79. The molecule has 8 rings (SSSR count). The van der Waals surface area contributed by atoms with Crippen LogP contribution in [0.25, 0.3) is 43.8 Å². The van der Waals surface area contributed by atoms with Gasteiger partial charge >= 0.3 is 0 Å². The molecule has 0 saturated heterocycles. The van der Waals surface area contributed by atoms with Gasteiger partial charge in [0.15, 0.2) is 0 Å². The molecule has 2 nitrogen and oxygen atoms in total. The number of furan rings is 1. The summed E-state index contributed by atoms with van der Waals surface area (Å²) in [5, 5.41) is 4.60. The summed E-state index contributed by atoms with van der Waals surface area (Å²) < 4.78 is 6.79. The van der Waals surface area contributed by atoms with Gasteiger partial charge in [0.1, 0.15) is 11.2 Å². The van der Waals surface area contributed by atoms with Crippen molar-refractivity contribution < 1.29 is 4.42 Å². The lowest BCUT2D eigenvalue weighted by Crippen LogP contribution is -2.10. The molecule has 2 heteroatoms. The molecule has 37 heavy (non-hydrogen) atoms. The van der Waals surface area contributed by atoms with Crippen molar-refractivity contribution in [2.45, 2.75) is 6.42 Å². The Morgan fingerprint density at radius 2 is 1.11 bits per heavy atom. The Kier molecular flexibility index (Phi) is 4.32. The largest absolute Gasteiger partial charge is 0.455 e. The van der Waals surface area contributed by atoms with Crippen molar-refractivity contribution in [1.82, 2.24) is 0 Å². The van der Waals surface area contributed by atoms with Crippen LogP contribution in [0.2, 0.25) is 0 Å². The standard InChI is InChI=1S/C35H23NO/c1-3-12-25(13-4-1)36(26-14-5-2-6-15-26)32-22-31-30-20-19-24-21-23-11-7-8-16-27(23)33(24)35(30)37-34(31)29-18-10-9-17-28(29)32/h1-20,22H,21H2. The predicted octanol–water partition coefficient (Wildman–Crippen LogP) is 9.78. The van der Waals surface area contributed by atoms with Crippen molar-refractivity contribution in [3.63, 3.8) is 0 Å². The van der Waals surface area contributed by atoms with Gasteiger partial charge in [-0.1, -0.05) is 97.1 Å². The van der Waals surface area contributed by atoms with E-state index in [1.807, 2.05) is 0 Å². The lowest BCUT2D eigenvalue weighted by atomic mass is 9.99. The van der Waals surface area contributed by atoms with Crippen molar-refractivity contribution in [3.8, 4) is 11.1 Å². The highest BCUT2D eigenvalue weighted by Crippen LogP contribution is 2.48. The first-order valence-electron chi connectivity index (χ1n) is 12.8. The van der Waals surface area contributed by atoms with E-state index >= 15 is 0 Å². The predicted molar refractivity (Wildman–Crippen MR) is 154 cm³/mol. The van der Waals surface area contributed by atoms with Crippen LogP contribution >= 0.6 is 0 Å². The third-order valence-electron chi connectivity index (χ3n) is 7.65. The maximum atomic E-state index is 6.79. The lowest BCUT2D eigenvalue weighted by molar-refractivity contribution is 0.673. The normalized spacial score (nSPS) is 12.2. The Bertz CT molecular complexity index is 1910. The zero-order chi connectivity index (χ0) is 24.3. The van der Waals surface area contributed by atoms with Crippen molar-refractivity contribution >= 4 is 49.8 Å². The number of benzene rings is 6. The van der Waals surface area contributed by atoms with Gasteiger partial charge in [0, 0.05) is 38.5 Å². The zero-order valence-corrected chi connectivity index (χ0v) is 20.2. The molecule has 1 aliphatic carbocycles. The lowest BCUT2D eigenvalue weighted by Gasteiger charge is -2.27. The van der Waals surface area contributed by atoms with E-state index in [9.17, 15) is 0 Å². The van der Waals surface area contributed by atoms with Crippen molar-refractivity contribution in [2.75, 3.05) is 4.90 Å². The zero-order valence-electron chi connectivity index (χ0n) is 20.2. The smallest absolute Gasteiger partial charge is 0.143 e. The quantitative estimate of drug-likeness (QED) is 0.254. The van der Waals surface area contributed by atoms with E-state index in [0.29, 0.717) is 0 Å². The first kappa shape index (κ1) is 20.4. The summed E-state index contributed by atoms with van der Waals surface area (Å²) in [4.78, 5) is 2.35. The molecule has 0 atom stereocenters. The van der Waals surface area contributed by atoms with Gasteiger partial charge < -0.3 is 9.32 Å². The van der Waals surface area contributed by atoms with Gasteiger partial charge in [-0.2, -0.15) is 0 Å². The number of hydrogen-bond donors (Lipinski definition) is 0. The Labute approximate surface area is 215 Å². The number of anilines is 3. The minimum Gasteiger partial charge on any atom is -0.455 e. The van der Waals surface area contributed by atoms with Gasteiger partial charge in [-0.25, -0.2) is 0 Å². The minimum atomic E-state index is 0.952. The third-order valence-corrected chi connectivity index (χ3v) is 7.65. The second kappa shape index (κ2) is 7.84. The highest BCUT2D eigenvalue weighted by Gasteiger charge is 2.25. The molecule has 0 radical (unpaired) electrons. The van der Waals surface area contributed by atoms with E-state index in [0.717, 1.165) is 45.4 Å². The Hall–Kier alpha value is -4.82. The Balaban J connectivity index is 1.48. The summed E-state index contributed by atoms with van der Waals surface area (Å²) >= 11 is 0. The molecule has 7 aromatic rings. The molecule has 174 valence electrons. The highest BCUT2D eigenvalue weighted by molar-refractivity contribution is 6.21. The Morgan fingerprint density at radius 3 is 1.86 bits per heavy atom. The molecule has 0 N–H and O–H groups in total. The van der Waals surface area contributed by atoms with Gasteiger partial charge in [-0.15, -0.1) is 0 Å². The van der Waals surface area contributed by atoms with Crippen LogP contribution in [0.3, 0.4) is 0 Å². The van der Waals surface area contributed by atoms with Crippen LogP contribution in [0.15, 0.2) is 132 Å². The number of hydrogen-bond acceptors (Lipinski definition) is 2. The summed E-state index contributed by atoms with van der Waals surface area (Å²) in [5.74, 6) is 0. The first-order valence-corrected chi connectivity index (χ1v) is 12.8. The molecule has 0 bridgehead atoms. The number of nitrogens with zero attached hydrogens (tertiary/aromatic N) is 1. The van der Waals surface area contributed by atoms with Crippen molar-refractivity contribution in [2.24, 2.45) is 0 Å². The molecule has 0 aliphatic heterocycles. The SMILES string of the molecule is c1ccc(N(c2ccccc2)c2cc3c4ccc5c(c4oc3c3ccccc23)-c2ccccc2C5)cc1. The average Bonchev–Trinajstić information content (AvgIpc) is 3.53. The molecule has 6 aromatic carbocycles. The molecule has 0 unspecified atom stereocenters. The second-order valence-electron chi connectivity index (χ2n) is 9.74. The number of para-hydroxylation sites is 2. The van der Waals surface area contributed by atoms with E-state index < -0.39 is 0 Å². The van der Waals surface area contributed by atoms with Crippen LogP contribution in [0, 0.1) is 0 Å². The summed E-state index contributed by atoms with van der Waals surface area (Å²) in [6, 6.07) is 45.4. The summed E-state index contributed by atoms with van der Waals surface area (Å²) in [5.41, 5.74) is 10.6. The number of rotatable bonds is 3. The van der Waals surface area contributed by atoms with Crippen LogP contribution in [-0.4, -0.2) is 0 Å². The summed E-state index contributed by atoms with van der Waals surface area (Å²) in [6.45, 7) is 0. The van der Waals surface area contributed by atoms with Gasteiger partial charge in [0.05, 0.1) is 5.69 Å². The highest BCUT2D eigenvalue weighted by atomic mass is 16.3. The molecule has 0 saturated carbocycles. The Morgan fingerprint density at radius 1 is 0.486 bits per heavy atom. The first-order chi connectivity index (χ1) is 18.4. The topological polar surface area (TPSA) is 16.4 Å². The number of fused-ring (bicyclic) bond motifs is 9. The van der Waals surface area contributed by atoms with Crippen LogP contribution in [0.4, 0.5) is 17.1 Å². The van der Waals surface area contributed by atoms with Crippen molar-refractivity contribution in [1.29, 1.82) is 0 Å². The maximum Gasteiger partial charge on any atom is 0.143 e. The van der Waals surface area contributed by atoms with E-state index in [4.69, 9.17) is 4.42 Å². The molecule has 1 heterocycles. The molecule has 1 aromatic heterocycles. The molecule has 0 amide bonds. The fourth-order valence-electron chi connectivity index (χ4n) is 6.02. The molecule has 1 aliphatic rings. The molecular weight excluding hydrogens is 450 g/mol. The fraction of sp³-hybridized carbons (Fsp3) is 0.0286. The van der Waals surface area contributed by atoms with Gasteiger partial charge in [-0.3, -0.25) is 0 Å². The summed E-state index contributed by atoms with van der Waals surface area (Å²) in [6.07, 6.45) is 0.959. The van der Waals surface area contributed by atoms with Gasteiger partial charge in [0.25, 0.3) is 0 Å². The fourth-order valence-corrected chi connectivity index (χ4v) is 6.02. The molecule has 0 spiro atoms. The summed E-state index contributed by atoms with van der Waals surface area (Å²) in [7, 11) is 0. The van der Waals surface area contributed by atoms with Crippen LogP contribution in [0.5, 0.6) is 0 Å². The van der Waals surface area contributed by atoms with E-state index in [-0.39, 0.29) is 0 Å². The van der Waals surface area contributed by atoms with Crippen molar-refractivity contribution in [3.05, 3.63) is 139 Å². The third kappa shape index (κ3) is 2.99. The van der Waals surface area contributed by atoms with Gasteiger partial charge in [0.2, 0.25) is 0 Å². The van der Waals surface area contributed by atoms with E-state index in [1.54, 1.807) is 0 Å². The van der Waals surface area contributed by atoms with Gasteiger partial charge in [-0.05, 0) is 53.4 Å². The van der Waals surface area contributed by atoms with Crippen LogP contribution in [-0.2, 0) is 6.42 Å². The second-order valence-corrected chi connectivity index (χ2v) is 9.74. The molecular formula is C35H23NO. The van der Waals surface area contributed by atoms with Crippen LogP contribution in [0.1, 0.15) is 11.1 Å². The average molecular weight is 474 g/mol.